The van der Waals surface area contributed by atoms with Crippen LogP contribution in [0.15, 0.2) is 42.5 Å². The molecule has 0 aromatic heterocycles. The summed E-state index contributed by atoms with van der Waals surface area (Å²) in [6.45, 7) is 8.89. The lowest BCUT2D eigenvalue weighted by molar-refractivity contribution is -0.154. The van der Waals surface area contributed by atoms with Crippen LogP contribution in [-0.2, 0) is 19.1 Å². The Morgan fingerprint density at radius 3 is 2.35 bits per heavy atom. The zero-order valence-corrected chi connectivity index (χ0v) is 13.9. The van der Waals surface area contributed by atoms with Crippen molar-refractivity contribution in [3.8, 4) is 5.75 Å². The predicted octanol–water partition coefficient (Wildman–Crippen LogP) is 3.15. The van der Waals surface area contributed by atoms with Crippen molar-refractivity contribution in [2.24, 2.45) is 0 Å². The van der Waals surface area contributed by atoms with Crippen LogP contribution in [0.25, 0.3) is 6.08 Å². The molecule has 5 nitrogen and oxygen atoms in total. The molecular weight excluding hydrogens is 296 g/mol. The van der Waals surface area contributed by atoms with Crippen LogP contribution < -0.4 is 4.74 Å². The van der Waals surface area contributed by atoms with Crippen molar-refractivity contribution in [2.45, 2.75) is 26.4 Å². The molecule has 23 heavy (non-hydrogen) atoms. The first-order valence-electron chi connectivity index (χ1n) is 7.11. The van der Waals surface area contributed by atoms with Crippen LogP contribution in [0.1, 0.15) is 26.3 Å². The number of hydrogen-bond acceptors (Lipinski definition) is 5. The lowest BCUT2D eigenvalue weighted by atomic mass is 10.1. The van der Waals surface area contributed by atoms with Gasteiger partial charge in [-0.05, 0) is 44.5 Å². The maximum atomic E-state index is 11.5. The second-order valence-corrected chi connectivity index (χ2v) is 5.64. The molecule has 124 valence electrons. The quantitative estimate of drug-likeness (QED) is 0.571. The molecule has 0 aliphatic heterocycles. The number of benzene rings is 1. The summed E-state index contributed by atoms with van der Waals surface area (Å²) in [6, 6.07) is 7.16. The van der Waals surface area contributed by atoms with Crippen LogP contribution in [-0.4, -0.2) is 31.3 Å². The summed E-state index contributed by atoms with van der Waals surface area (Å²) in [5.74, 6) is -0.215. The van der Waals surface area contributed by atoms with E-state index in [9.17, 15) is 9.59 Å². The highest BCUT2D eigenvalue weighted by Crippen LogP contribution is 2.18. The summed E-state index contributed by atoms with van der Waals surface area (Å²) in [4.78, 5) is 22.6. The molecule has 0 fully saturated rings. The van der Waals surface area contributed by atoms with Crippen molar-refractivity contribution in [3.63, 3.8) is 0 Å². The minimum Gasteiger partial charge on any atom is -0.489 e. The molecule has 0 spiro atoms. The predicted molar refractivity (Wildman–Crippen MR) is 88.0 cm³/mol. The molecule has 0 unspecified atom stereocenters. The Balaban J connectivity index is 2.58. The Hall–Kier alpha value is -2.56. The molecule has 0 N–H and O–H groups in total. The van der Waals surface area contributed by atoms with E-state index in [0.29, 0.717) is 11.3 Å². The fraction of sp³-hybridized carbons (Fsp3) is 0.333. The largest absolute Gasteiger partial charge is 0.489 e. The molecule has 0 saturated carbocycles. The standard InChI is InChI=1S/C18H22O5/c1-13(2)17(20)23-18(3,4)12-22-15-9-6-14(7-10-15)8-11-16(19)21-5/h6-11H,1,12H2,2-5H3. The molecule has 1 aromatic rings. The van der Waals surface area contributed by atoms with Crippen LogP contribution in [0.3, 0.4) is 0 Å². The van der Waals surface area contributed by atoms with Crippen molar-refractivity contribution >= 4 is 18.0 Å². The first-order valence-corrected chi connectivity index (χ1v) is 7.11. The van der Waals surface area contributed by atoms with Gasteiger partial charge in [-0.3, -0.25) is 0 Å². The zero-order valence-electron chi connectivity index (χ0n) is 13.9. The molecule has 0 radical (unpaired) electrons. The van der Waals surface area contributed by atoms with Gasteiger partial charge in [0.2, 0.25) is 0 Å². The second-order valence-electron chi connectivity index (χ2n) is 5.64. The Morgan fingerprint density at radius 1 is 1.22 bits per heavy atom. The van der Waals surface area contributed by atoms with Crippen molar-refractivity contribution in [1.82, 2.24) is 0 Å². The van der Waals surface area contributed by atoms with Crippen LogP contribution in [0.4, 0.5) is 0 Å². The lowest BCUT2D eigenvalue weighted by Crippen LogP contribution is -2.35. The monoisotopic (exact) mass is 318 g/mol. The van der Waals surface area contributed by atoms with Crippen LogP contribution in [0.5, 0.6) is 5.75 Å². The van der Waals surface area contributed by atoms with E-state index < -0.39 is 17.5 Å². The van der Waals surface area contributed by atoms with Gasteiger partial charge in [-0.25, -0.2) is 9.59 Å². The van der Waals surface area contributed by atoms with Crippen LogP contribution in [0, 0.1) is 0 Å². The van der Waals surface area contributed by atoms with Gasteiger partial charge in [0.1, 0.15) is 18.0 Å². The van der Waals surface area contributed by atoms with E-state index in [1.165, 1.54) is 13.2 Å². The topological polar surface area (TPSA) is 61.8 Å². The van der Waals surface area contributed by atoms with E-state index in [2.05, 4.69) is 11.3 Å². The average molecular weight is 318 g/mol. The number of hydrogen-bond donors (Lipinski definition) is 0. The molecule has 0 heterocycles. The molecule has 0 atom stereocenters. The normalized spacial score (nSPS) is 11.1. The van der Waals surface area contributed by atoms with E-state index in [1.807, 2.05) is 12.1 Å². The van der Waals surface area contributed by atoms with Gasteiger partial charge in [0.05, 0.1) is 7.11 Å². The van der Waals surface area contributed by atoms with Gasteiger partial charge in [0, 0.05) is 11.6 Å². The van der Waals surface area contributed by atoms with Crippen molar-refractivity contribution in [3.05, 3.63) is 48.1 Å². The summed E-state index contributed by atoms with van der Waals surface area (Å²) in [5.41, 5.74) is 0.426. The Bertz CT molecular complexity index is 596. The maximum Gasteiger partial charge on any atom is 0.333 e. The fourth-order valence-electron chi connectivity index (χ4n) is 1.53. The highest BCUT2D eigenvalue weighted by atomic mass is 16.6. The second kappa shape index (κ2) is 8.17. The van der Waals surface area contributed by atoms with Gasteiger partial charge >= 0.3 is 11.9 Å². The van der Waals surface area contributed by atoms with Gasteiger partial charge in [0.15, 0.2) is 0 Å². The number of methoxy groups -OCH3 is 1. The first-order chi connectivity index (χ1) is 10.7. The maximum absolute atomic E-state index is 11.5. The third kappa shape index (κ3) is 6.82. The molecular formula is C18H22O5. The number of rotatable bonds is 7. The molecule has 1 aromatic carbocycles. The number of esters is 2. The third-order valence-electron chi connectivity index (χ3n) is 2.80. The van der Waals surface area contributed by atoms with Gasteiger partial charge in [-0.1, -0.05) is 18.7 Å². The lowest BCUT2D eigenvalue weighted by Gasteiger charge is -2.25. The van der Waals surface area contributed by atoms with E-state index in [0.717, 1.165) is 5.56 Å². The molecule has 0 aliphatic carbocycles. The van der Waals surface area contributed by atoms with Crippen LogP contribution >= 0.6 is 0 Å². The van der Waals surface area contributed by atoms with Gasteiger partial charge in [-0.15, -0.1) is 0 Å². The molecule has 1 rings (SSSR count). The Morgan fingerprint density at radius 2 is 1.83 bits per heavy atom. The Kier molecular flexibility index (Phi) is 6.57. The summed E-state index contributed by atoms with van der Waals surface area (Å²) in [7, 11) is 1.33. The molecule has 0 amide bonds. The van der Waals surface area contributed by atoms with Crippen molar-refractivity contribution in [1.29, 1.82) is 0 Å². The van der Waals surface area contributed by atoms with Crippen molar-refractivity contribution < 1.29 is 23.8 Å². The van der Waals surface area contributed by atoms with E-state index >= 15 is 0 Å². The first kappa shape index (κ1) is 18.5. The van der Waals surface area contributed by atoms with Gasteiger partial charge < -0.3 is 14.2 Å². The SMILES string of the molecule is C=C(C)C(=O)OC(C)(C)COc1ccc(C=CC(=O)OC)cc1. The van der Waals surface area contributed by atoms with Gasteiger partial charge in [0.25, 0.3) is 0 Å². The van der Waals surface area contributed by atoms with Gasteiger partial charge in [-0.2, -0.15) is 0 Å². The molecule has 0 saturated heterocycles. The smallest absolute Gasteiger partial charge is 0.333 e. The van der Waals surface area contributed by atoms with Crippen LogP contribution in [0.2, 0.25) is 0 Å². The van der Waals surface area contributed by atoms with E-state index in [-0.39, 0.29) is 6.61 Å². The molecule has 0 bridgehead atoms. The summed E-state index contributed by atoms with van der Waals surface area (Å²) in [6.07, 6.45) is 2.99. The van der Waals surface area contributed by atoms with E-state index in [4.69, 9.17) is 9.47 Å². The number of carbonyl (C=O) groups is 2. The fourth-order valence-corrected chi connectivity index (χ4v) is 1.53. The minimum atomic E-state index is -0.764. The average Bonchev–Trinajstić information content (AvgIpc) is 2.51. The molecule has 0 aliphatic rings. The summed E-state index contributed by atoms with van der Waals surface area (Å²) in [5, 5.41) is 0. The zero-order chi connectivity index (χ0) is 17.5. The summed E-state index contributed by atoms with van der Waals surface area (Å²) >= 11 is 0. The summed E-state index contributed by atoms with van der Waals surface area (Å²) < 4.78 is 15.4. The minimum absolute atomic E-state index is 0.212. The third-order valence-corrected chi connectivity index (χ3v) is 2.80. The Labute approximate surface area is 136 Å². The molecule has 5 heteroatoms. The highest BCUT2D eigenvalue weighted by Gasteiger charge is 2.24. The number of carbonyl (C=O) groups excluding carboxylic acids is 2. The van der Waals surface area contributed by atoms with E-state index in [1.54, 1.807) is 39.0 Å². The highest BCUT2D eigenvalue weighted by molar-refractivity contribution is 5.87. The number of ether oxygens (including phenoxy) is 3. The van der Waals surface area contributed by atoms with Crippen molar-refractivity contribution in [2.75, 3.05) is 13.7 Å².